The molecular formula is C30H28N4O4S. The van der Waals surface area contributed by atoms with Gasteiger partial charge in [0.15, 0.2) is 5.11 Å². The van der Waals surface area contributed by atoms with Crippen molar-refractivity contribution in [2.75, 3.05) is 11.9 Å². The van der Waals surface area contributed by atoms with Crippen molar-refractivity contribution in [2.45, 2.75) is 32.4 Å². The molecule has 1 saturated heterocycles. The minimum Gasteiger partial charge on any atom is -0.478 e. The number of nitrogens with one attached hydrogen (secondary N) is 2. The van der Waals surface area contributed by atoms with E-state index in [-0.39, 0.29) is 30.0 Å². The lowest BCUT2D eigenvalue weighted by molar-refractivity contribution is -0.116. The summed E-state index contributed by atoms with van der Waals surface area (Å²) in [5.74, 6) is 0.191. The number of anilines is 1. The molecule has 2 aromatic heterocycles. The highest BCUT2D eigenvalue weighted by Gasteiger charge is 2.41. The lowest BCUT2D eigenvalue weighted by atomic mass is 10.0. The minimum absolute atomic E-state index is 0.113. The molecule has 1 aliphatic rings. The number of carboxylic acid groups (broad SMARTS) is 1. The van der Waals surface area contributed by atoms with Gasteiger partial charge in [-0.3, -0.25) is 9.78 Å². The first-order valence-corrected chi connectivity index (χ1v) is 13.0. The van der Waals surface area contributed by atoms with Crippen molar-refractivity contribution in [3.63, 3.8) is 0 Å². The van der Waals surface area contributed by atoms with Crippen LogP contribution in [0.3, 0.4) is 0 Å². The van der Waals surface area contributed by atoms with E-state index in [2.05, 4.69) is 15.6 Å². The van der Waals surface area contributed by atoms with Gasteiger partial charge in [0.2, 0.25) is 5.91 Å². The fraction of sp³-hybridized carbons (Fsp3) is 0.200. The molecule has 8 nitrogen and oxygen atoms in total. The summed E-state index contributed by atoms with van der Waals surface area (Å²) in [4.78, 5) is 30.7. The summed E-state index contributed by atoms with van der Waals surface area (Å²) in [6.45, 7) is 4.21. The molecule has 0 spiro atoms. The molecule has 4 aromatic rings. The highest BCUT2D eigenvalue weighted by Crippen LogP contribution is 2.41. The Hall–Kier alpha value is -4.50. The van der Waals surface area contributed by atoms with Gasteiger partial charge in [0.05, 0.1) is 17.3 Å². The molecule has 0 radical (unpaired) electrons. The van der Waals surface area contributed by atoms with Crippen LogP contribution in [0.15, 0.2) is 83.4 Å². The molecule has 1 aliphatic heterocycles. The Morgan fingerprint density at radius 2 is 1.92 bits per heavy atom. The summed E-state index contributed by atoms with van der Waals surface area (Å²) in [5.41, 5.74) is 4.44. The van der Waals surface area contributed by atoms with E-state index in [1.807, 2.05) is 73.3 Å². The van der Waals surface area contributed by atoms with Crippen molar-refractivity contribution < 1.29 is 19.1 Å². The van der Waals surface area contributed by atoms with Gasteiger partial charge in [-0.25, -0.2) is 4.79 Å². The fourth-order valence-electron chi connectivity index (χ4n) is 4.85. The molecule has 0 bridgehead atoms. The number of aromatic nitrogens is 1. The van der Waals surface area contributed by atoms with E-state index in [1.54, 1.807) is 24.4 Å². The number of carbonyl (C=O) groups is 2. The van der Waals surface area contributed by atoms with Gasteiger partial charge in [-0.2, -0.15) is 0 Å². The Balaban J connectivity index is 1.41. The maximum absolute atomic E-state index is 12.8. The second kappa shape index (κ2) is 11.1. The summed E-state index contributed by atoms with van der Waals surface area (Å²) in [5, 5.41) is 16.1. The number of thiocarbonyl (C=S) groups is 1. The van der Waals surface area contributed by atoms with Crippen LogP contribution < -0.4 is 10.6 Å². The number of hydrogen-bond acceptors (Lipinski definition) is 5. The fourth-order valence-corrected chi connectivity index (χ4v) is 5.19. The number of pyridine rings is 1. The highest BCUT2D eigenvalue weighted by molar-refractivity contribution is 7.80. The zero-order chi connectivity index (χ0) is 27.5. The van der Waals surface area contributed by atoms with E-state index in [0.29, 0.717) is 23.2 Å². The Labute approximate surface area is 231 Å². The van der Waals surface area contributed by atoms with Crippen molar-refractivity contribution >= 4 is 34.9 Å². The Morgan fingerprint density at radius 3 is 2.64 bits per heavy atom. The summed E-state index contributed by atoms with van der Waals surface area (Å²) < 4.78 is 6.36. The van der Waals surface area contributed by atoms with Crippen molar-refractivity contribution in [3.05, 3.63) is 107 Å². The van der Waals surface area contributed by atoms with E-state index in [9.17, 15) is 14.7 Å². The topological polar surface area (TPSA) is 108 Å². The number of furan rings is 1. The summed E-state index contributed by atoms with van der Waals surface area (Å²) in [6, 6.07) is 21.5. The van der Waals surface area contributed by atoms with Crippen molar-refractivity contribution in [3.8, 4) is 11.3 Å². The average Bonchev–Trinajstić information content (AvgIpc) is 3.52. The number of amides is 1. The van der Waals surface area contributed by atoms with Crippen LogP contribution in [0, 0.1) is 13.8 Å². The first-order chi connectivity index (χ1) is 18.8. The molecule has 2 aromatic carbocycles. The molecule has 5 rings (SSSR count). The third kappa shape index (κ3) is 5.68. The van der Waals surface area contributed by atoms with Crippen LogP contribution in [0.4, 0.5) is 5.69 Å². The van der Waals surface area contributed by atoms with Crippen molar-refractivity contribution in [2.24, 2.45) is 0 Å². The van der Waals surface area contributed by atoms with Gasteiger partial charge in [-0.15, -0.1) is 0 Å². The number of nitrogens with zero attached hydrogens (tertiary/aromatic N) is 2. The van der Waals surface area contributed by atoms with Crippen molar-refractivity contribution in [1.29, 1.82) is 0 Å². The number of hydrogen-bond donors (Lipinski definition) is 3. The molecular weight excluding hydrogens is 512 g/mol. The molecule has 0 aliphatic carbocycles. The molecule has 39 heavy (non-hydrogen) atoms. The van der Waals surface area contributed by atoms with Gasteiger partial charge in [0.1, 0.15) is 17.6 Å². The molecule has 0 saturated carbocycles. The highest BCUT2D eigenvalue weighted by atomic mass is 32.1. The number of carboxylic acids is 1. The SMILES string of the molecule is Cc1cccc(NC(=O)CCN2C(=S)N[C@H](c3ccccn3)[C@@H]2c2ccc(-c3ccc(C(=O)O)cc3C)o2)c1. The molecule has 9 heteroatoms. The van der Waals surface area contributed by atoms with E-state index in [4.69, 9.17) is 16.6 Å². The number of benzene rings is 2. The summed E-state index contributed by atoms with van der Waals surface area (Å²) >= 11 is 5.71. The Bertz CT molecular complexity index is 1530. The number of aromatic carboxylic acids is 1. The maximum Gasteiger partial charge on any atom is 0.335 e. The van der Waals surface area contributed by atoms with Crippen LogP contribution in [-0.2, 0) is 4.79 Å². The molecule has 3 heterocycles. The van der Waals surface area contributed by atoms with Crippen LogP contribution in [0.25, 0.3) is 11.3 Å². The first kappa shape index (κ1) is 26.1. The molecule has 1 amide bonds. The standard InChI is InChI=1S/C30H28N4O4S/c1-18-6-5-7-21(16-18)32-26(35)13-15-34-28(27(33-30(34)39)23-8-3-4-14-31-23)25-12-11-24(38-25)22-10-9-20(29(36)37)17-19(22)2/h3-12,14,16-17,27-28H,13,15H2,1-2H3,(H,32,35)(H,33,39)(H,36,37)/t27-,28+/m1/s1. The second-order valence-corrected chi connectivity index (χ2v) is 9.91. The summed E-state index contributed by atoms with van der Waals surface area (Å²) in [6.07, 6.45) is 1.96. The van der Waals surface area contributed by atoms with Gasteiger partial charge in [-0.1, -0.05) is 24.3 Å². The largest absolute Gasteiger partial charge is 0.478 e. The smallest absolute Gasteiger partial charge is 0.335 e. The predicted octanol–water partition coefficient (Wildman–Crippen LogP) is 5.66. The lowest BCUT2D eigenvalue weighted by Crippen LogP contribution is -2.32. The van der Waals surface area contributed by atoms with Gasteiger partial charge in [-0.05, 0) is 85.7 Å². The molecule has 2 atom stereocenters. The normalized spacial score (nSPS) is 16.7. The third-order valence-corrected chi connectivity index (χ3v) is 7.09. The maximum atomic E-state index is 12.8. The van der Waals surface area contributed by atoms with Crippen LogP contribution in [0.2, 0.25) is 0 Å². The Morgan fingerprint density at radius 1 is 1.08 bits per heavy atom. The second-order valence-electron chi connectivity index (χ2n) is 9.52. The van der Waals surface area contributed by atoms with Gasteiger partial charge in [0.25, 0.3) is 0 Å². The van der Waals surface area contributed by atoms with Crippen LogP contribution in [0.1, 0.15) is 51.4 Å². The van der Waals surface area contributed by atoms with Gasteiger partial charge in [0, 0.05) is 30.4 Å². The first-order valence-electron chi connectivity index (χ1n) is 12.6. The number of carbonyl (C=O) groups excluding carboxylic acids is 1. The molecule has 1 fully saturated rings. The van der Waals surface area contributed by atoms with Crippen molar-refractivity contribution in [1.82, 2.24) is 15.2 Å². The number of rotatable bonds is 8. The quantitative estimate of drug-likeness (QED) is 0.246. The van der Waals surface area contributed by atoms with E-state index in [1.165, 1.54) is 0 Å². The van der Waals surface area contributed by atoms with Gasteiger partial charge >= 0.3 is 5.97 Å². The zero-order valence-electron chi connectivity index (χ0n) is 21.5. The molecule has 0 unspecified atom stereocenters. The predicted molar refractivity (Wildman–Crippen MR) is 152 cm³/mol. The minimum atomic E-state index is -0.976. The van der Waals surface area contributed by atoms with E-state index in [0.717, 1.165) is 28.1 Å². The molecule has 198 valence electrons. The monoisotopic (exact) mass is 540 g/mol. The van der Waals surface area contributed by atoms with E-state index >= 15 is 0 Å². The van der Waals surface area contributed by atoms with E-state index < -0.39 is 5.97 Å². The van der Waals surface area contributed by atoms with Crippen LogP contribution >= 0.6 is 12.2 Å². The average molecular weight is 541 g/mol. The molecule has 3 N–H and O–H groups in total. The Kier molecular flexibility index (Phi) is 7.42. The van der Waals surface area contributed by atoms with Crippen LogP contribution in [0.5, 0.6) is 0 Å². The zero-order valence-corrected chi connectivity index (χ0v) is 22.4. The summed E-state index contributed by atoms with van der Waals surface area (Å²) in [7, 11) is 0. The lowest BCUT2D eigenvalue weighted by Gasteiger charge is -2.26. The number of aryl methyl sites for hydroxylation is 2. The van der Waals surface area contributed by atoms with Crippen LogP contribution in [-0.4, -0.2) is 38.5 Å². The van der Waals surface area contributed by atoms with Gasteiger partial charge < -0.3 is 25.1 Å². The third-order valence-electron chi connectivity index (χ3n) is 6.74.